The number of pyridine rings is 1. The van der Waals surface area contributed by atoms with E-state index in [0.717, 1.165) is 34.5 Å². The number of hydrogen-bond acceptors (Lipinski definition) is 2. The van der Waals surface area contributed by atoms with Gasteiger partial charge in [0, 0.05) is 36.3 Å². The number of benzene rings is 1. The molecule has 0 radical (unpaired) electrons. The highest BCUT2D eigenvalue weighted by Crippen LogP contribution is 2.32. The molecule has 3 rings (SSSR count). The van der Waals surface area contributed by atoms with E-state index in [9.17, 15) is 4.39 Å². The lowest BCUT2D eigenvalue weighted by molar-refractivity contribution is 0.406. The van der Waals surface area contributed by atoms with Crippen molar-refractivity contribution in [2.45, 2.75) is 27.2 Å². The fraction of sp³-hybridized carbons (Fsp3) is 0.300. The highest BCUT2D eigenvalue weighted by molar-refractivity contribution is 5.80. The molecule has 0 atom stereocenters. The molecule has 0 aliphatic carbocycles. The van der Waals surface area contributed by atoms with Crippen LogP contribution in [-0.2, 0) is 13.5 Å². The number of halogens is 1. The Hall–Kier alpha value is -2.49. The van der Waals surface area contributed by atoms with Gasteiger partial charge in [-0.15, -0.1) is 0 Å². The van der Waals surface area contributed by atoms with Gasteiger partial charge in [0.15, 0.2) is 0 Å². The van der Waals surface area contributed by atoms with Crippen molar-refractivity contribution in [3.8, 4) is 22.4 Å². The van der Waals surface area contributed by atoms with Crippen molar-refractivity contribution >= 4 is 0 Å². The van der Waals surface area contributed by atoms with E-state index in [2.05, 4.69) is 36.9 Å². The molecule has 124 valence electrons. The van der Waals surface area contributed by atoms with Crippen molar-refractivity contribution in [1.82, 2.24) is 14.8 Å². The Bertz CT molecular complexity index is 842. The number of rotatable bonds is 3. The van der Waals surface area contributed by atoms with E-state index in [4.69, 9.17) is 0 Å². The van der Waals surface area contributed by atoms with Crippen LogP contribution in [0.5, 0.6) is 0 Å². The van der Waals surface area contributed by atoms with Gasteiger partial charge in [-0.25, -0.2) is 4.39 Å². The summed E-state index contributed by atoms with van der Waals surface area (Å²) in [6.45, 7) is 6.61. The maximum atomic E-state index is 13.2. The minimum atomic E-state index is -0.243. The average Bonchev–Trinajstić information content (AvgIpc) is 2.88. The third-order valence-electron chi connectivity index (χ3n) is 3.79. The van der Waals surface area contributed by atoms with Crippen LogP contribution in [0.1, 0.15) is 26.5 Å². The van der Waals surface area contributed by atoms with E-state index in [1.54, 1.807) is 16.8 Å². The molecule has 4 heteroatoms. The lowest BCUT2D eigenvalue weighted by atomic mass is 9.89. The molecule has 0 fully saturated rings. The summed E-state index contributed by atoms with van der Waals surface area (Å²) >= 11 is 0. The van der Waals surface area contributed by atoms with Crippen LogP contribution in [0.25, 0.3) is 22.4 Å². The molecule has 0 aliphatic heterocycles. The largest absolute Gasteiger partial charge is 0.275 e. The SMILES string of the molecule is Cn1cc(-c2ccnc(CC(C)(C)C)c2)c(-c2ccc(F)cc2)n1. The first-order valence-electron chi connectivity index (χ1n) is 8.07. The van der Waals surface area contributed by atoms with Gasteiger partial charge in [0.25, 0.3) is 0 Å². The fourth-order valence-electron chi connectivity index (χ4n) is 2.81. The smallest absolute Gasteiger partial charge is 0.123 e. The van der Waals surface area contributed by atoms with Gasteiger partial charge in [-0.05, 0) is 53.8 Å². The van der Waals surface area contributed by atoms with Crippen molar-refractivity contribution in [3.63, 3.8) is 0 Å². The van der Waals surface area contributed by atoms with E-state index in [1.807, 2.05) is 25.5 Å². The second-order valence-corrected chi connectivity index (χ2v) is 7.35. The van der Waals surface area contributed by atoms with Gasteiger partial charge in [-0.3, -0.25) is 9.67 Å². The molecule has 0 saturated heterocycles. The summed E-state index contributed by atoms with van der Waals surface area (Å²) in [5, 5.41) is 4.56. The molecule has 0 amide bonds. The number of aryl methyl sites for hydroxylation is 1. The van der Waals surface area contributed by atoms with Gasteiger partial charge < -0.3 is 0 Å². The normalized spacial score (nSPS) is 11.7. The summed E-state index contributed by atoms with van der Waals surface area (Å²) in [4.78, 5) is 4.49. The van der Waals surface area contributed by atoms with Gasteiger partial charge in [-0.1, -0.05) is 20.8 Å². The lowest BCUT2D eigenvalue weighted by Crippen LogP contribution is -2.10. The quantitative estimate of drug-likeness (QED) is 0.688. The Balaban J connectivity index is 2.04. The molecule has 1 aromatic carbocycles. The summed E-state index contributed by atoms with van der Waals surface area (Å²) < 4.78 is 15.0. The average molecular weight is 323 g/mol. The summed E-state index contributed by atoms with van der Waals surface area (Å²) in [7, 11) is 1.90. The highest BCUT2D eigenvalue weighted by Gasteiger charge is 2.16. The molecule has 2 heterocycles. The van der Waals surface area contributed by atoms with E-state index >= 15 is 0 Å². The van der Waals surface area contributed by atoms with Crippen LogP contribution in [0.2, 0.25) is 0 Å². The third-order valence-corrected chi connectivity index (χ3v) is 3.79. The van der Waals surface area contributed by atoms with Crippen molar-refractivity contribution in [1.29, 1.82) is 0 Å². The van der Waals surface area contributed by atoms with Crippen molar-refractivity contribution < 1.29 is 4.39 Å². The predicted molar refractivity (Wildman–Crippen MR) is 95.0 cm³/mol. The molecular weight excluding hydrogens is 301 g/mol. The van der Waals surface area contributed by atoms with Crippen LogP contribution >= 0.6 is 0 Å². The zero-order valence-corrected chi connectivity index (χ0v) is 14.5. The molecule has 0 bridgehead atoms. The summed E-state index contributed by atoms with van der Waals surface area (Å²) in [6.07, 6.45) is 4.75. The molecule has 0 spiro atoms. The molecule has 0 saturated carbocycles. The molecule has 0 unspecified atom stereocenters. The van der Waals surface area contributed by atoms with Crippen LogP contribution in [0.4, 0.5) is 4.39 Å². The van der Waals surface area contributed by atoms with Crippen molar-refractivity contribution in [3.05, 3.63) is 60.3 Å². The molecule has 24 heavy (non-hydrogen) atoms. The van der Waals surface area contributed by atoms with Crippen LogP contribution in [-0.4, -0.2) is 14.8 Å². The molecule has 2 aromatic heterocycles. The van der Waals surface area contributed by atoms with Crippen molar-refractivity contribution in [2.24, 2.45) is 12.5 Å². The summed E-state index contributed by atoms with van der Waals surface area (Å²) in [5.74, 6) is -0.243. The Morgan fingerprint density at radius 1 is 1.04 bits per heavy atom. The first kappa shape index (κ1) is 16.4. The van der Waals surface area contributed by atoms with E-state index in [-0.39, 0.29) is 11.2 Å². The second kappa shape index (κ2) is 6.19. The molecule has 0 N–H and O–H groups in total. The predicted octanol–water partition coefficient (Wildman–Crippen LogP) is 4.88. The number of aromatic nitrogens is 3. The van der Waals surface area contributed by atoms with Gasteiger partial charge >= 0.3 is 0 Å². The minimum absolute atomic E-state index is 0.181. The van der Waals surface area contributed by atoms with Crippen LogP contribution < -0.4 is 0 Å². The molecule has 3 aromatic rings. The Kier molecular flexibility index (Phi) is 4.22. The van der Waals surface area contributed by atoms with E-state index in [0.29, 0.717) is 0 Å². The first-order chi connectivity index (χ1) is 11.3. The van der Waals surface area contributed by atoms with Crippen LogP contribution in [0.15, 0.2) is 48.8 Å². The van der Waals surface area contributed by atoms with Crippen LogP contribution in [0.3, 0.4) is 0 Å². The Morgan fingerprint density at radius 3 is 2.42 bits per heavy atom. The number of nitrogens with zero attached hydrogens (tertiary/aromatic N) is 3. The van der Waals surface area contributed by atoms with Gasteiger partial charge in [0.1, 0.15) is 11.5 Å². The second-order valence-electron chi connectivity index (χ2n) is 7.35. The maximum absolute atomic E-state index is 13.2. The topological polar surface area (TPSA) is 30.7 Å². The van der Waals surface area contributed by atoms with Gasteiger partial charge in [0.05, 0.1) is 0 Å². The van der Waals surface area contributed by atoms with Gasteiger partial charge in [-0.2, -0.15) is 5.10 Å². The molecule has 0 aliphatic rings. The Morgan fingerprint density at radius 2 is 1.75 bits per heavy atom. The van der Waals surface area contributed by atoms with Crippen molar-refractivity contribution in [2.75, 3.05) is 0 Å². The minimum Gasteiger partial charge on any atom is -0.275 e. The third kappa shape index (κ3) is 3.70. The maximum Gasteiger partial charge on any atom is 0.123 e. The van der Waals surface area contributed by atoms with E-state index in [1.165, 1.54) is 12.1 Å². The summed E-state index contributed by atoms with van der Waals surface area (Å²) in [5.41, 5.74) is 5.11. The van der Waals surface area contributed by atoms with Gasteiger partial charge in [0.2, 0.25) is 0 Å². The zero-order chi connectivity index (χ0) is 17.3. The molecular formula is C20H22FN3. The lowest BCUT2D eigenvalue weighted by Gasteiger charge is -2.17. The highest BCUT2D eigenvalue weighted by atomic mass is 19.1. The monoisotopic (exact) mass is 323 g/mol. The Labute approximate surface area is 142 Å². The van der Waals surface area contributed by atoms with Crippen LogP contribution in [0, 0.1) is 11.2 Å². The first-order valence-corrected chi connectivity index (χ1v) is 8.07. The zero-order valence-electron chi connectivity index (χ0n) is 14.5. The summed E-state index contributed by atoms with van der Waals surface area (Å²) in [6, 6.07) is 10.6. The van der Waals surface area contributed by atoms with E-state index < -0.39 is 0 Å². The fourth-order valence-corrected chi connectivity index (χ4v) is 2.81. The number of hydrogen-bond donors (Lipinski definition) is 0. The standard InChI is InChI=1S/C20H22FN3/c1-20(2,3)12-17-11-15(9-10-22-17)18-13-24(4)23-19(18)14-5-7-16(21)8-6-14/h5-11,13H,12H2,1-4H3. The molecule has 3 nitrogen and oxygen atoms in total.